The number of anilines is 1. The molecule has 2 nitrogen and oxygen atoms in total. The Morgan fingerprint density at radius 2 is 2.21 bits per heavy atom. The topological polar surface area (TPSA) is 38.9 Å². The number of para-hydroxylation sites is 1. The fourth-order valence-electron chi connectivity index (χ4n) is 1.57. The van der Waals surface area contributed by atoms with Gasteiger partial charge in [0.25, 0.3) is 0 Å². The van der Waals surface area contributed by atoms with Crippen molar-refractivity contribution in [1.82, 2.24) is 4.98 Å². The van der Waals surface area contributed by atoms with Crippen LogP contribution in [0.15, 0.2) is 24.4 Å². The zero-order valence-electron chi connectivity index (χ0n) is 7.92. The van der Waals surface area contributed by atoms with E-state index < -0.39 is 0 Å². The molecule has 0 saturated heterocycles. The molecule has 2 aromatic rings. The average molecular weight is 298 g/mol. The zero-order chi connectivity index (χ0) is 10.1. The molecule has 3 heteroatoms. The van der Waals surface area contributed by atoms with Gasteiger partial charge in [-0.15, -0.1) is 0 Å². The highest BCUT2D eigenvalue weighted by Gasteiger charge is 2.05. The van der Waals surface area contributed by atoms with Gasteiger partial charge < -0.3 is 5.73 Å². The highest BCUT2D eigenvalue weighted by Crippen LogP contribution is 2.26. The van der Waals surface area contributed by atoms with Gasteiger partial charge in [-0.3, -0.25) is 4.98 Å². The fourth-order valence-corrected chi connectivity index (χ4v) is 2.00. The first-order valence-electron chi connectivity index (χ1n) is 4.55. The molecule has 1 aromatic heterocycles. The molecule has 0 atom stereocenters. The minimum atomic E-state index is 0.839. The van der Waals surface area contributed by atoms with E-state index in [-0.39, 0.29) is 0 Å². The molecule has 14 heavy (non-hydrogen) atoms. The Hall–Kier alpha value is -0.840. The number of hydrogen-bond donors (Lipinski definition) is 1. The van der Waals surface area contributed by atoms with E-state index in [1.165, 1.54) is 5.56 Å². The van der Waals surface area contributed by atoms with Crippen molar-refractivity contribution in [3.05, 3.63) is 33.5 Å². The lowest BCUT2D eigenvalue weighted by Crippen LogP contribution is -1.95. The van der Waals surface area contributed by atoms with Crippen LogP contribution in [0.1, 0.15) is 12.5 Å². The van der Waals surface area contributed by atoms with Crippen molar-refractivity contribution in [2.75, 3.05) is 5.73 Å². The van der Waals surface area contributed by atoms with Gasteiger partial charge in [-0.2, -0.15) is 0 Å². The molecule has 0 bridgehead atoms. The summed E-state index contributed by atoms with van der Waals surface area (Å²) in [5.74, 6) is 0. The number of aromatic nitrogens is 1. The lowest BCUT2D eigenvalue weighted by atomic mass is 10.1. The van der Waals surface area contributed by atoms with E-state index in [1.807, 2.05) is 18.3 Å². The van der Waals surface area contributed by atoms with Crippen LogP contribution >= 0.6 is 22.6 Å². The van der Waals surface area contributed by atoms with Gasteiger partial charge in [-0.1, -0.05) is 25.1 Å². The number of fused-ring (bicyclic) bond motifs is 1. The minimum absolute atomic E-state index is 0.839. The summed E-state index contributed by atoms with van der Waals surface area (Å²) in [6, 6.07) is 6.16. The standard InChI is InChI=1S/C11H11IN2/c1-2-7-4-3-5-8-10(13)9(12)6-14-11(7)8/h3-6H,2H2,1H3,(H2,13,14). The number of nitrogens with zero attached hydrogens (tertiary/aromatic N) is 1. The van der Waals surface area contributed by atoms with E-state index >= 15 is 0 Å². The van der Waals surface area contributed by atoms with Crippen LogP contribution in [-0.4, -0.2) is 4.98 Å². The first-order valence-corrected chi connectivity index (χ1v) is 5.63. The van der Waals surface area contributed by atoms with Crippen LogP contribution in [0.3, 0.4) is 0 Å². The van der Waals surface area contributed by atoms with Gasteiger partial charge in [0.2, 0.25) is 0 Å². The number of aryl methyl sites for hydroxylation is 1. The second-order valence-corrected chi connectivity index (χ2v) is 4.35. The highest BCUT2D eigenvalue weighted by atomic mass is 127. The Labute approximate surface area is 96.7 Å². The number of pyridine rings is 1. The second kappa shape index (κ2) is 3.73. The van der Waals surface area contributed by atoms with Crippen LogP contribution in [0.25, 0.3) is 10.9 Å². The van der Waals surface area contributed by atoms with Crippen molar-refractivity contribution in [2.24, 2.45) is 0 Å². The number of halogens is 1. The van der Waals surface area contributed by atoms with Crippen LogP contribution in [0.5, 0.6) is 0 Å². The van der Waals surface area contributed by atoms with Crippen LogP contribution < -0.4 is 5.73 Å². The largest absolute Gasteiger partial charge is 0.397 e. The first-order chi connectivity index (χ1) is 6.74. The molecule has 2 rings (SSSR count). The quantitative estimate of drug-likeness (QED) is 0.822. The Balaban J connectivity index is 2.86. The molecule has 1 heterocycles. The summed E-state index contributed by atoms with van der Waals surface area (Å²) in [5.41, 5.74) is 9.12. The molecule has 0 unspecified atom stereocenters. The molecule has 0 amide bonds. The number of benzene rings is 1. The molecule has 0 fully saturated rings. The lowest BCUT2D eigenvalue weighted by molar-refractivity contribution is 1.14. The summed E-state index contributed by atoms with van der Waals surface area (Å²) in [4.78, 5) is 4.42. The van der Waals surface area contributed by atoms with Crippen molar-refractivity contribution in [3.63, 3.8) is 0 Å². The summed E-state index contributed by atoms with van der Waals surface area (Å²) in [6.45, 7) is 2.13. The van der Waals surface area contributed by atoms with E-state index in [2.05, 4.69) is 40.6 Å². The molecule has 0 saturated carbocycles. The van der Waals surface area contributed by atoms with Crippen LogP contribution in [0, 0.1) is 3.57 Å². The van der Waals surface area contributed by atoms with Crippen molar-refractivity contribution in [3.8, 4) is 0 Å². The molecular formula is C11H11IN2. The Morgan fingerprint density at radius 3 is 2.93 bits per heavy atom. The number of hydrogen-bond acceptors (Lipinski definition) is 2. The predicted molar refractivity (Wildman–Crippen MR) is 68.3 cm³/mol. The molecule has 2 N–H and O–H groups in total. The molecule has 0 aliphatic carbocycles. The zero-order valence-corrected chi connectivity index (χ0v) is 10.1. The van der Waals surface area contributed by atoms with Gasteiger partial charge in [0.15, 0.2) is 0 Å². The van der Waals surface area contributed by atoms with Crippen LogP contribution in [0.2, 0.25) is 0 Å². The van der Waals surface area contributed by atoms with Gasteiger partial charge in [0.1, 0.15) is 0 Å². The molecule has 0 aliphatic heterocycles. The monoisotopic (exact) mass is 298 g/mol. The smallest absolute Gasteiger partial charge is 0.0755 e. The molecule has 1 aromatic carbocycles. The van der Waals surface area contributed by atoms with E-state index in [1.54, 1.807) is 0 Å². The maximum Gasteiger partial charge on any atom is 0.0755 e. The number of nitrogens with two attached hydrogens (primary N) is 1. The van der Waals surface area contributed by atoms with Crippen molar-refractivity contribution in [2.45, 2.75) is 13.3 Å². The molecule has 72 valence electrons. The van der Waals surface area contributed by atoms with Gasteiger partial charge in [0.05, 0.1) is 14.8 Å². The second-order valence-electron chi connectivity index (χ2n) is 3.19. The van der Waals surface area contributed by atoms with E-state index in [4.69, 9.17) is 5.73 Å². The lowest BCUT2D eigenvalue weighted by Gasteiger charge is -2.06. The summed E-state index contributed by atoms with van der Waals surface area (Å²) < 4.78 is 1.02. The van der Waals surface area contributed by atoms with Gasteiger partial charge >= 0.3 is 0 Å². The van der Waals surface area contributed by atoms with Gasteiger partial charge in [0, 0.05) is 11.6 Å². The third-order valence-electron chi connectivity index (χ3n) is 2.35. The SMILES string of the molecule is CCc1cccc2c(N)c(I)cnc12. The molecule has 0 spiro atoms. The summed E-state index contributed by atoms with van der Waals surface area (Å²) >= 11 is 2.21. The molecular weight excluding hydrogens is 287 g/mol. The minimum Gasteiger partial charge on any atom is -0.397 e. The fraction of sp³-hybridized carbons (Fsp3) is 0.182. The third kappa shape index (κ3) is 1.45. The number of nitrogen functional groups attached to an aromatic ring is 1. The van der Waals surface area contributed by atoms with Gasteiger partial charge in [-0.25, -0.2) is 0 Å². The van der Waals surface area contributed by atoms with Gasteiger partial charge in [-0.05, 0) is 34.6 Å². The summed E-state index contributed by atoms with van der Waals surface area (Å²) in [5, 5.41) is 1.07. The van der Waals surface area contributed by atoms with Crippen LogP contribution in [-0.2, 0) is 6.42 Å². The predicted octanol–water partition coefficient (Wildman–Crippen LogP) is 2.98. The third-order valence-corrected chi connectivity index (χ3v) is 3.21. The Morgan fingerprint density at radius 1 is 1.43 bits per heavy atom. The normalized spacial score (nSPS) is 10.7. The maximum atomic E-state index is 5.99. The maximum absolute atomic E-state index is 5.99. The van der Waals surface area contributed by atoms with Crippen LogP contribution in [0.4, 0.5) is 5.69 Å². The van der Waals surface area contributed by atoms with Crippen molar-refractivity contribution < 1.29 is 0 Å². The first kappa shape index (κ1) is 9.71. The number of rotatable bonds is 1. The summed E-state index contributed by atoms with van der Waals surface area (Å²) in [6.07, 6.45) is 2.82. The van der Waals surface area contributed by atoms with E-state index in [9.17, 15) is 0 Å². The van der Waals surface area contributed by atoms with Crippen molar-refractivity contribution in [1.29, 1.82) is 0 Å². The average Bonchev–Trinajstić information content (AvgIpc) is 2.23. The summed E-state index contributed by atoms with van der Waals surface area (Å²) in [7, 11) is 0. The molecule has 0 aliphatic rings. The Bertz CT molecular complexity index is 480. The van der Waals surface area contributed by atoms with E-state index in [0.717, 1.165) is 26.6 Å². The van der Waals surface area contributed by atoms with Crippen molar-refractivity contribution >= 4 is 39.2 Å². The Kier molecular flexibility index (Phi) is 2.58. The highest BCUT2D eigenvalue weighted by molar-refractivity contribution is 14.1. The van der Waals surface area contributed by atoms with E-state index in [0.29, 0.717) is 0 Å². The molecule has 0 radical (unpaired) electrons.